The Morgan fingerprint density at radius 1 is 0.624 bits per heavy atom. The van der Waals surface area contributed by atoms with E-state index in [4.69, 9.17) is 10.8 Å². The summed E-state index contributed by atoms with van der Waals surface area (Å²) in [4.78, 5) is 46.8. The Morgan fingerprint density at radius 2 is 1.04 bits per heavy atom. The Morgan fingerprint density at radius 3 is 1.43 bits per heavy atom. The number of hydrogen-bond acceptors (Lipinski definition) is 19. The van der Waals surface area contributed by atoms with Gasteiger partial charge < -0.3 is 45.1 Å². The standard InChI is InChI=1S/C23H29F3N6OS.C17H20F3N3O2S.C12H14F3N3S.C7H12O5S.C6H11N3/c24-23(25,26)14-32-19-4-11-34-21(19)20(29-32)16-2-8-30(9-3-16)13-17-12-18(17)22(33)28-5-1-7-31-10-6-27-15-31;18-17(19,20)9-23-13-3-6-26-15(13)14(21-23)10-1-4-22(5-2-10)8-11-7-12(11)16(24)25;13-12(14,15)7-18-9-3-6-19-11(9)10(17-18)8-1-4-16-5-2-8;1-11-7(8)6-3-5(6)4-12-13(2,9)10;7-2-1-4-9-5-3-8-6-9/h4,6,10-11,15-18H,1-3,5,7-9,12-14H2,(H,28,33);3,6,10-12H,1-2,4-5,7-9H2,(H,24,25);3,6,8,16H,1-2,4-5,7H2;5-6H,3-4H2,1-2H3;3,5-6H,1-2,4,7H2/t17-,18+;11-,12+;;5-,6?;/m00.0./s1. The fraction of sp³-hybridized carbons (Fsp3) is 0.631. The number of esters is 1. The van der Waals surface area contributed by atoms with Crippen LogP contribution in [0.4, 0.5) is 39.5 Å². The van der Waals surface area contributed by atoms with Gasteiger partial charge in [0.05, 0.1) is 92.2 Å². The van der Waals surface area contributed by atoms with Gasteiger partial charge in [0.25, 0.3) is 10.1 Å². The molecule has 6 aliphatic rings. The van der Waals surface area contributed by atoms with Crippen molar-refractivity contribution in [1.82, 2.24) is 68.9 Å². The number of amides is 1. The van der Waals surface area contributed by atoms with Crippen molar-refractivity contribution < 1.29 is 76.3 Å². The van der Waals surface area contributed by atoms with Crippen molar-refractivity contribution in [3.63, 3.8) is 0 Å². The molecule has 101 heavy (non-hydrogen) atoms. The maximum absolute atomic E-state index is 12.9. The number of thiophene rings is 3. The molecule has 1 amide bonds. The van der Waals surface area contributed by atoms with Gasteiger partial charge in [0, 0.05) is 81.2 Å². The quantitative estimate of drug-likeness (QED) is 0.0201. The Kier molecular flexibility index (Phi) is 26.2. The third-order valence-electron chi connectivity index (χ3n) is 18.9. The van der Waals surface area contributed by atoms with Crippen LogP contribution in [0.1, 0.15) is 105 Å². The first-order chi connectivity index (χ1) is 48.1. The molecule has 0 aromatic carbocycles. The third-order valence-corrected chi connectivity index (χ3v) is 22.2. The highest BCUT2D eigenvalue weighted by Gasteiger charge is 2.47. The number of nitrogens with zero attached hydrogens (tertiary/aromatic N) is 12. The number of carboxylic acids is 1. The molecule has 556 valence electrons. The lowest BCUT2D eigenvalue weighted by Gasteiger charge is -2.31. The highest BCUT2D eigenvalue weighted by Crippen LogP contribution is 2.44. The van der Waals surface area contributed by atoms with E-state index in [9.17, 15) is 62.3 Å². The van der Waals surface area contributed by atoms with Crippen molar-refractivity contribution in [3.05, 3.63) is 88.9 Å². The number of aliphatic carboxylic acids is 1. The first-order valence-electron chi connectivity index (χ1n) is 33.8. The topological polar surface area (TPSA) is 270 Å². The number of halogens is 9. The van der Waals surface area contributed by atoms with Crippen LogP contribution in [-0.2, 0) is 66.1 Å². The summed E-state index contributed by atoms with van der Waals surface area (Å²) >= 11 is 4.41. The summed E-state index contributed by atoms with van der Waals surface area (Å²) in [7, 11) is -2.07. The second-order valence-electron chi connectivity index (χ2n) is 26.6. The van der Waals surface area contributed by atoms with Gasteiger partial charge in [0.2, 0.25) is 5.91 Å². The van der Waals surface area contributed by atoms with Crippen LogP contribution in [0.25, 0.3) is 30.6 Å². The van der Waals surface area contributed by atoms with E-state index in [0.717, 1.165) is 188 Å². The van der Waals surface area contributed by atoms with E-state index in [1.807, 2.05) is 37.7 Å². The number of ether oxygens (including phenoxy) is 1. The molecule has 23 nitrogen and oxygen atoms in total. The number of piperidine rings is 3. The van der Waals surface area contributed by atoms with Crippen LogP contribution in [-0.4, -0.2) is 194 Å². The fourth-order valence-corrected chi connectivity index (χ4v) is 16.6. The van der Waals surface area contributed by atoms with E-state index in [1.165, 1.54) is 41.1 Å². The number of fused-ring (bicyclic) bond motifs is 3. The average Bonchev–Trinajstić information content (AvgIpc) is 1.64. The molecule has 11 heterocycles. The van der Waals surface area contributed by atoms with Gasteiger partial charge in [-0.2, -0.15) is 63.2 Å². The fourth-order valence-electron chi connectivity index (χ4n) is 13.3. The zero-order valence-electron chi connectivity index (χ0n) is 56.0. The lowest BCUT2D eigenvalue weighted by atomic mass is 9.93. The van der Waals surface area contributed by atoms with Gasteiger partial charge in [-0.1, -0.05) is 0 Å². The van der Waals surface area contributed by atoms with Crippen LogP contribution in [0.15, 0.2) is 71.8 Å². The largest absolute Gasteiger partial charge is 0.481 e. The lowest BCUT2D eigenvalue weighted by molar-refractivity contribution is -0.143. The normalized spacial score (nSPS) is 21.6. The molecule has 3 saturated carbocycles. The second-order valence-corrected chi connectivity index (χ2v) is 31.0. The predicted octanol–water partition coefficient (Wildman–Crippen LogP) is 10.6. The van der Waals surface area contributed by atoms with E-state index in [0.29, 0.717) is 35.4 Å². The third kappa shape index (κ3) is 22.7. The smallest absolute Gasteiger partial charge is 0.408 e. The molecule has 3 aliphatic heterocycles. The van der Waals surface area contributed by atoms with Crippen LogP contribution in [0.2, 0.25) is 0 Å². The number of imidazole rings is 2. The van der Waals surface area contributed by atoms with Crippen LogP contribution in [0, 0.1) is 35.5 Å². The first kappa shape index (κ1) is 77.1. The van der Waals surface area contributed by atoms with Crippen molar-refractivity contribution in [2.45, 2.75) is 140 Å². The Hall–Kier alpha value is -6.54. The highest BCUT2D eigenvalue weighted by atomic mass is 32.2. The van der Waals surface area contributed by atoms with Gasteiger partial charge in [-0.25, -0.2) is 9.97 Å². The molecular formula is C65H86F9N15O8S4. The Balaban J connectivity index is 0.000000146. The van der Waals surface area contributed by atoms with Gasteiger partial charge in [0.1, 0.15) is 19.6 Å². The summed E-state index contributed by atoms with van der Waals surface area (Å²) in [6.45, 7) is 7.20. The van der Waals surface area contributed by atoms with Gasteiger partial charge in [0.15, 0.2) is 0 Å². The van der Waals surface area contributed by atoms with Crippen molar-refractivity contribution in [1.29, 1.82) is 0 Å². The SMILES string of the molecule is COC(=O)C1C[C@H]1COS(C)(=O)=O.FC(F)(F)Cn1nc(C2CCNCC2)c2sccc21.NCCCn1ccnc1.O=C(NCCCn1ccnc1)[C@@H]1C[C@H]1CN1CCC(c2nn(CC(F)(F)F)c3ccsc23)CC1.O=C(O)[C@@H]1C[C@H]1CN1CCC(c2nn(CC(F)(F)F)c3ccsc23)CC1. The van der Waals surface area contributed by atoms with E-state index >= 15 is 0 Å². The number of aromatic nitrogens is 10. The molecule has 14 rings (SSSR count). The number of likely N-dealkylation sites (tertiary alicyclic amines) is 2. The number of carbonyl (C=O) groups is 3. The van der Waals surface area contributed by atoms with Crippen LogP contribution < -0.4 is 16.4 Å². The van der Waals surface area contributed by atoms with Gasteiger partial charge in [-0.15, -0.1) is 34.0 Å². The van der Waals surface area contributed by atoms with E-state index in [1.54, 1.807) is 43.2 Å². The summed E-state index contributed by atoms with van der Waals surface area (Å²) in [6.07, 6.45) is 8.74. The molecule has 5 N–H and O–H groups in total. The number of rotatable bonds is 23. The summed E-state index contributed by atoms with van der Waals surface area (Å²) < 4.78 is 155. The maximum atomic E-state index is 12.9. The summed E-state index contributed by atoms with van der Waals surface area (Å²) in [5, 5.41) is 33.7. The molecule has 6 fully saturated rings. The van der Waals surface area contributed by atoms with Crippen LogP contribution >= 0.6 is 34.0 Å². The number of carboxylic acid groups (broad SMARTS) is 1. The lowest BCUT2D eigenvalue weighted by Crippen LogP contribution is -2.35. The zero-order chi connectivity index (χ0) is 72.2. The first-order valence-corrected chi connectivity index (χ1v) is 38.3. The molecule has 0 bridgehead atoms. The van der Waals surface area contributed by atoms with Crippen molar-refractivity contribution in [2.75, 3.05) is 85.4 Å². The maximum Gasteiger partial charge on any atom is 0.408 e. The molecule has 8 aromatic heterocycles. The molecule has 3 aliphatic carbocycles. The van der Waals surface area contributed by atoms with Crippen LogP contribution in [0.3, 0.4) is 0 Å². The highest BCUT2D eigenvalue weighted by molar-refractivity contribution is 7.86. The zero-order valence-corrected chi connectivity index (χ0v) is 59.3. The summed E-state index contributed by atoms with van der Waals surface area (Å²) in [6, 6.07) is 5.16. The minimum Gasteiger partial charge on any atom is -0.481 e. The molecule has 8 aromatic rings. The average molecular weight is 1500 g/mol. The summed E-state index contributed by atoms with van der Waals surface area (Å²) in [5.74, 6) is 0.163. The van der Waals surface area contributed by atoms with E-state index < -0.39 is 54.3 Å². The molecular weight excluding hydrogens is 1420 g/mol. The Labute approximate surface area is 590 Å². The number of nitrogens with two attached hydrogens (primary N) is 1. The number of alkyl halides is 9. The molecule has 3 saturated heterocycles. The van der Waals surface area contributed by atoms with Crippen molar-refractivity contribution in [3.8, 4) is 0 Å². The minimum absolute atomic E-state index is 0.00201. The van der Waals surface area contributed by atoms with Gasteiger partial charge in [-0.05, 0) is 169 Å². The monoisotopic (exact) mass is 1500 g/mol. The molecule has 0 spiro atoms. The number of hydrogen-bond donors (Lipinski definition) is 4. The van der Waals surface area contributed by atoms with E-state index in [2.05, 4.69) is 54.6 Å². The number of methoxy groups -OCH3 is 1. The van der Waals surface area contributed by atoms with Crippen LogP contribution in [0.5, 0.6) is 0 Å². The van der Waals surface area contributed by atoms with Gasteiger partial charge in [-0.3, -0.25) is 32.6 Å². The molecule has 6 atom stereocenters. The van der Waals surface area contributed by atoms with Crippen molar-refractivity contribution in [2.24, 2.45) is 41.2 Å². The number of carbonyl (C=O) groups excluding carboxylic acids is 2. The molecule has 0 radical (unpaired) electrons. The Bertz CT molecular complexity index is 4030. The molecule has 1 unspecified atom stereocenters. The van der Waals surface area contributed by atoms with Gasteiger partial charge >= 0.3 is 30.5 Å². The number of aryl methyl sites for hydroxylation is 2. The molecule has 36 heteroatoms. The summed E-state index contributed by atoms with van der Waals surface area (Å²) in [5.41, 5.74) is 9.50. The second kappa shape index (κ2) is 34.4. The van der Waals surface area contributed by atoms with Crippen molar-refractivity contribution >= 4 is 92.6 Å². The van der Waals surface area contributed by atoms with E-state index in [-0.39, 0.29) is 65.8 Å². The number of nitrogens with one attached hydrogen (secondary N) is 2. The predicted molar refractivity (Wildman–Crippen MR) is 364 cm³/mol. The minimum atomic E-state index is -4.29.